The van der Waals surface area contributed by atoms with Crippen molar-refractivity contribution >= 4 is 13.3 Å². The van der Waals surface area contributed by atoms with Crippen molar-refractivity contribution in [3.8, 4) is 5.69 Å². The first-order valence-electron chi connectivity index (χ1n) is 3.69. The maximum absolute atomic E-state index is 12.8. The summed E-state index contributed by atoms with van der Waals surface area (Å²) < 4.78 is 14.2. The van der Waals surface area contributed by atoms with Crippen LogP contribution in [0.4, 0.5) is 4.39 Å². The molecule has 2 aromatic rings. The number of aromatic nitrogens is 3. The predicted octanol–water partition coefficient (Wildman–Crippen LogP) is 0.200. The van der Waals surface area contributed by atoms with Crippen molar-refractivity contribution in [3.05, 3.63) is 36.4 Å². The number of hydrogen-bond acceptors (Lipinski definition) is 2. The topological polar surface area (TPSA) is 30.7 Å². The molecule has 3 nitrogen and oxygen atoms in total. The van der Waals surface area contributed by atoms with Gasteiger partial charge in [-0.1, -0.05) is 16.7 Å². The van der Waals surface area contributed by atoms with Crippen LogP contribution in [0.25, 0.3) is 5.69 Å². The van der Waals surface area contributed by atoms with E-state index in [-0.39, 0.29) is 5.82 Å². The fraction of sp³-hybridized carbons (Fsp3) is 0. The normalized spacial score (nSPS) is 10.2. The summed E-state index contributed by atoms with van der Waals surface area (Å²) in [6, 6.07) is 4.10. The second kappa shape index (κ2) is 3.01. The summed E-state index contributed by atoms with van der Waals surface area (Å²) in [5.74, 6) is -0.347. The fourth-order valence-corrected chi connectivity index (χ4v) is 1.05. The third-order valence-corrected chi connectivity index (χ3v) is 1.66. The molecule has 0 aliphatic heterocycles. The van der Waals surface area contributed by atoms with Gasteiger partial charge in [-0.25, -0.2) is 9.07 Å². The first-order chi connectivity index (χ1) is 6.27. The van der Waals surface area contributed by atoms with Gasteiger partial charge in [-0.15, -0.1) is 5.10 Å². The van der Waals surface area contributed by atoms with Gasteiger partial charge in [0.25, 0.3) is 0 Å². The van der Waals surface area contributed by atoms with Crippen molar-refractivity contribution in [2.75, 3.05) is 0 Å². The molecule has 1 aromatic carbocycles. The molecule has 0 bridgehead atoms. The fourth-order valence-electron chi connectivity index (χ4n) is 1.05. The zero-order valence-corrected chi connectivity index (χ0v) is 6.68. The Hall–Kier alpha value is -1.65. The van der Waals surface area contributed by atoms with Crippen molar-refractivity contribution in [3.63, 3.8) is 0 Å². The molecule has 1 heterocycles. The molecule has 0 atom stereocenters. The van der Waals surface area contributed by atoms with E-state index in [2.05, 4.69) is 10.3 Å². The Balaban J connectivity index is 2.57. The molecular weight excluding hydrogens is 168 g/mol. The largest absolute Gasteiger partial charge is 0.221 e. The van der Waals surface area contributed by atoms with Gasteiger partial charge in [0, 0.05) is 0 Å². The maximum Gasteiger partial charge on any atom is 0.125 e. The second-order valence-corrected chi connectivity index (χ2v) is 2.55. The molecule has 1 aromatic heterocycles. The quantitative estimate of drug-likeness (QED) is 0.576. The van der Waals surface area contributed by atoms with E-state index in [1.165, 1.54) is 29.1 Å². The van der Waals surface area contributed by atoms with E-state index < -0.39 is 0 Å². The molecule has 0 aliphatic rings. The molecule has 0 N–H and O–H groups in total. The van der Waals surface area contributed by atoms with Crippen LogP contribution >= 0.6 is 0 Å². The number of benzene rings is 1. The molecule has 0 aliphatic carbocycles. The Kier molecular flexibility index (Phi) is 1.85. The highest BCUT2D eigenvalue weighted by Gasteiger charge is 2.01. The highest BCUT2D eigenvalue weighted by atomic mass is 19.1. The van der Waals surface area contributed by atoms with Gasteiger partial charge in [0.2, 0.25) is 0 Å². The Morgan fingerprint density at radius 2 is 2.23 bits per heavy atom. The average molecular weight is 173 g/mol. The molecule has 0 unspecified atom stereocenters. The van der Waals surface area contributed by atoms with Gasteiger partial charge in [0.05, 0.1) is 18.1 Å². The summed E-state index contributed by atoms with van der Waals surface area (Å²) in [5, 5.41) is 7.31. The van der Waals surface area contributed by atoms with E-state index in [0.717, 1.165) is 0 Å². The smallest absolute Gasteiger partial charge is 0.125 e. The van der Waals surface area contributed by atoms with E-state index >= 15 is 0 Å². The molecule has 13 heavy (non-hydrogen) atoms. The van der Waals surface area contributed by atoms with Crippen molar-refractivity contribution < 1.29 is 4.39 Å². The lowest BCUT2D eigenvalue weighted by Gasteiger charge is -2.04. The molecule has 0 saturated carbocycles. The van der Waals surface area contributed by atoms with Gasteiger partial charge in [-0.2, -0.15) is 0 Å². The number of nitrogens with zero attached hydrogens (tertiary/aromatic N) is 3. The molecule has 5 heteroatoms. The number of halogens is 1. The molecule has 62 valence electrons. The lowest BCUT2D eigenvalue weighted by Crippen LogP contribution is -2.13. The maximum atomic E-state index is 12.8. The van der Waals surface area contributed by atoms with Gasteiger partial charge in [-0.3, -0.25) is 0 Å². The van der Waals surface area contributed by atoms with Gasteiger partial charge in [0.15, 0.2) is 0 Å². The van der Waals surface area contributed by atoms with E-state index in [9.17, 15) is 4.39 Å². The van der Waals surface area contributed by atoms with E-state index in [1.807, 2.05) is 0 Å². The van der Waals surface area contributed by atoms with Gasteiger partial charge >= 0.3 is 0 Å². The van der Waals surface area contributed by atoms with Crippen molar-refractivity contribution in [1.29, 1.82) is 0 Å². The monoisotopic (exact) mass is 173 g/mol. The molecule has 0 fully saturated rings. The average Bonchev–Trinajstić information content (AvgIpc) is 2.61. The van der Waals surface area contributed by atoms with Crippen LogP contribution in [0.3, 0.4) is 0 Å². The van der Waals surface area contributed by atoms with E-state index in [4.69, 9.17) is 7.85 Å². The summed E-state index contributed by atoms with van der Waals surface area (Å²) in [7, 11) is 5.63. The van der Waals surface area contributed by atoms with Crippen LogP contribution in [0.15, 0.2) is 30.6 Å². The molecule has 0 saturated heterocycles. The summed E-state index contributed by atoms with van der Waals surface area (Å²) in [6.45, 7) is 0. The van der Waals surface area contributed by atoms with E-state index in [1.54, 1.807) is 6.20 Å². The zero-order chi connectivity index (χ0) is 9.26. The SMILES string of the molecule is [B]c1ccc(F)cc1-n1ccnn1. The van der Waals surface area contributed by atoms with Crippen molar-refractivity contribution in [2.24, 2.45) is 0 Å². The third-order valence-electron chi connectivity index (χ3n) is 1.66. The van der Waals surface area contributed by atoms with Crippen molar-refractivity contribution in [2.45, 2.75) is 0 Å². The minimum atomic E-state index is -0.347. The molecule has 0 spiro atoms. The Bertz CT molecular complexity index is 413. The molecule has 2 rings (SSSR count). The minimum absolute atomic E-state index is 0.347. The minimum Gasteiger partial charge on any atom is -0.221 e. The number of hydrogen-bond donors (Lipinski definition) is 0. The highest BCUT2D eigenvalue weighted by molar-refractivity contribution is 6.34. The standard InChI is InChI=1S/C8H5BFN3/c9-7-2-1-6(10)5-8(7)13-4-3-11-12-13/h1-5H. The summed E-state index contributed by atoms with van der Waals surface area (Å²) in [5.41, 5.74) is 0.962. The van der Waals surface area contributed by atoms with E-state index in [0.29, 0.717) is 11.2 Å². The van der Waals surface area contributed by atoms with Gasteiger partial charge in [0.1, 0.15) is 13.7 Å². The van der Waals surface area contributed by atoms with Gasteiger partial charge < -0.3 is 0 Å². The lowest BCUT2D eigenvalue weighted by molar-refractivity contribution is 0.625. The Morgan fingerprint density at radius 3 is 2.92 bits per heavy atom. The second-order valence-electron chi connectivity index (χ2n) is 2.55. The summed E-state index contributed by atoms with van der Waals surface area (Å²) in [6.07, 6.45) is 3.11. The van der Waals surface area contributed by atoms with Crippen LogP contribution in [0.1, 0.15) is 0 Å². The van der Waals surface area contributed by atoms with Gasteiger partial charge in [-0.05, 0) is 12.1 Å². The number of rotatable bonds is 1. The lowest BCUT2D eigenvalue weighted by atomic mass is 9.94. The van der Waals surface area contributed by atoms with Crippen LogP contribution < -0.4 is 5.46 Å². The zero-order valence-electron chi connectivity index (χ0n) is 6.68. The van der Waals surface area contributed by atoms with Crippen LogP contribution in [0.5, 0.6) is 0 Å². The molecule has 0 amide bonds. The molecule has 2 radical (unpaired) electrons. The highest BCUT2D eigenvalue weighted by Crippen LogP contribution is 2.04. The Morgan fingerprint density at radius 1 is 1.38 bits per heavy atom. The third kappa shape index (κ3) is 1.45. The Labute approximate surface area is 75.6 Å². The summed E-state index contributed by atoms with van der Waals surface area (Å²) >= 11 is 0. The van der Waals surface area contributed by atoms with Crippen LogP contribution in [0, 0.1) is 5.82 Å². The van der Waals surface area contributed by atoms with Crippen LogP contribution in [-0.4, -0.2) is 22.8 Å². The first kappa shape index (κ1) is 7.98. The predicted molar refractivity (Wildman–Crippen MR) is 46.7 cm³/mol. The van der Waals surface area contributed by atoms with Crippen LogP contribution in [0.2, 0.25) is 0 Å². The first-order valence-corrected chi connectivity index (χ1v) is 3.69. The van der Waals surface area contributed by atoms with Crippen LogP contribution in [-0.2, 0) is 0 Å². The molecular formula is C8H5BFN3. The summed E-state index contributed by atoms with van der Waals surface area (Å²) in [4.78, 5) is 0. The van der Waals surface area contributed by atoms with Crippen molar-refractivity contribution in [1.82, 2.24) is 15.0 Å².